The molecule has 3 N–H and O–H groups in total. The molecular formula is C29H32ClN5O4S. The number of aliphatic hydroxyl groups is 1. The molecule has 0 aliphatic carbocycles. The fraction of sp³-hybridized carbons (Fsp3) is 0.379. The van der Waals surface area contributed by atoms with Gasteiger partial charge in [-0.25, -0.2) is 14.8 Å². The number of halogens is 1. The average Bonchev–Trinajstić information content (AvgIpc) is 3.56. The lowest BCUT2D eigenvalue weighted by Gasteiger charge is -2.25. The second kappa shape index (κ2) is 11.2. The van der Waals surface area contributed by atoms with Crippen LogP contribution in [0.25, 0.3) is 21.3 Å². The molecule has 9 nitrogen and oxygen atoms in total. The first-order chi connectivity index (χ1) is 19.0. The standard InChI is InChI=1S/C22H21ClN4O2S.C7H11NO2/c1-12-26-18-9-15(19-10-25-21(30-19)22(2,3)29)17(24)8-16(18)20(28)27(12)11-13-4-6-14(23)7-5-13;9-7-8-4-2-1-3-6(8)5-10-7/h4-10,29H,11,24H2,1-3H3;6H,1-5H2. The van der Waals surface area contributed by atoms with Gasteiger partial charge in [0.1, 0.15) is 23.0 Å². The number of rotatable bonds is 4. The Hall–Kier alpha value is -3.47. The molecule has 1 amide bonds. The van der Waals surface area contributed by atoms with Crippen LogP contribution in [0.2, 0.25) is 5.02 Å². The molecule has 40 heavy (non-hydrogen) atoms. The van der Waals surface area contributed by atoms with Crippen LogP contribution < -0.4 is 11.3 Å². The molecule has 2 fully saturated rings. The molecule has 0 bridgehead atoms. The van der Waals surface area contributed by atoms with Gasteiger partial charge in [0.25, 0.3) is 5.56 Å². The summed E-state index contributed by atoms with van der Waals surface area (Å²) in [5.74, 6) is 0.611. The van der Waals surface area contributed by atoms with E-state index in [4.69, 9.17) is 22.1 Å². The number of nitrogen functional groups attached to an aromatic ring is 1. The van der Waals surface area contributed by atoms with E-state index >= 15 is 0 Å². The van der Waals surface area contributed by atoms with Gasteiger partial charge >= 0.3 is 6.09 Å². The second-order valence-corrected chi connectivity index (χ2v) is 12.1. The van der Waals surface area contributed by atoms with Crippen molar-refractivity contribution in [1.82, 2.24) is 19.4 Å². The summed E-state index contributed by atoms with van der Waals surface area (Å²) in [6.45, 7) is 7.12. The number of ether oxygens (including phenoxy) is 1. The second-order valence-electron chi connectivity index (χ2n) is 10.6. The minimum Gasteiger partial charge on any atom is -0.447 e. The largest absolute Gasteiger partial charge is 0.447 e. The van der Waals surface area contributed by atoms with Crippen LogP contribution in [0.4, 0.5) is 10.5 Å². The number of hydrogen-bond acceptors (Lipinski definition) is 8. The van der Waals surface area contributed by atoms with Crippen LogP contribution in [0.5, 0.6) is 0 Å². The zero-order chi connectivity index (χ0) is 28.6. The van der Waals surface area contributed by atoms with Crippen molar-refractivity contribution in [1.29, 1.82) is 0 Å². The van der Waals surface area contributed by atoms with Crippen LogP contribution in [0.15, 0.2) is 47.4 Å². The molecular weight excluding hydrogens is 550 g/mol. The first kappa shape index (κ1) is 28.1. The highest BCUT2D eigenvalue weighted by Gasteiger charge is 2.34. The summed E-state index contributed by atoms with van der Waals surface area (Å²) >= 11 is 7.32. The molecule has 2 aliphatic rings. The van der Waals surface area contributed by atoms with Crippen molar-refractivity contribution in [3.05, 3.63) is 74.4 Å². The molecule has 1 unspecified atom stereocenters. The number of benzene rings is 2. The number of piperidine rings is 1. The fourth-order valence-electron chi connectivity index (χ4n) is 4.91. The Morgan fingerprint density at radius 3 is 2.62 bits per heavy atom. The van der Waals surface area contributed by atoms with Crippen molar-refractivity contribution < 1.29 is 14.6 Å². The van der Waals surface area contributed by atoms with Crippen LogP contribution in [0, 0.1) is 6.92 Å². The van der Waals surface area contributed by atoms with E-state index in [2.05, 4.69) is 9.97 Å². The average molecular weight is 582 g/mol. The van der Waals surface area contributed by atoms with Crippen LogP contribution in [0.1, 0.15) is 49.5 Å². The summed E-state index contributed by atoms with van der Waals surface area (Å²) in [5.41, 5.74) is 7.86. The lowest BCUT2D eigenvalue weighted by molar-refractivity contribution is 0.0783. The number of fused-ring (bicyclic) bond motifs is 2. The minimum absolute atomic E-state index is 0.107. The molecule has 0 radical (unpaired) electrons. The molecule has 2 aromatic heterocycles. The van der Waals surface area contributed by atoms with Gasteiger partial charge in [0, 0.05) is 29.0 Å². The van der Waals surface area contributed by atoms with Crippen LogP contribution in [-0.2, 0) is 16.9 Å². The highest BCUT2D eigenvalue weighted by atomic mass is 35.5. The number of carbonyl (C=O) groups excluding carboxylic acids is 1. The van der Waals surface area contributed by atoms with E-state index in [0.29, 0.717) is 51.6 Å². The van der Waals surface area contributed by atoms with Crippen molar-refractivity contribution in [3.8, 4) is 10.4 Å². The number of nitrogens with zero attached hydrogens (tertiary/aromatic N) is 4. The van der Waals surface area contributed by atoms with Gasteiger partial charge in [-0.3, -0.25) is 9.36 Å². The lowest BCUT2D eigenvalue weighted by atomic mass is 10.0. The Morgan fingerprint density at radius 2 is 1.95 bits per heavy atom. The third kappa shape index (κ3) is 5.84. The molecule has 0 saturated carbocycles. The zero-order valence-electron chi connectivity index (χ0n) is 22.7. The highest BCUT2D eigenvalue weighted by Crippen LogP contribution is 2.36. The Bertz CT molecular complexity index is 1610. The Labute approximate surface area is 241 Å². The van der Waals surface area contributed by atoms with Gasteiger partial charge in [-0.05, 0) is 69.9 Å². The van der Waals surface area contributed by atoms with E-state index in [0.717, 1.165) is 35.4 Å². The molecule has 210 valence electrons. The summed E-state index contributed by atoms with van der Waals surface area (Å²) in [5, 5.41) is 11.9. The maximum absolute atomic E-state index is 13.2. The quantitative estimate of drug-likeness (QED) is 0.312. The van der Waals surface area contributed by atoms with Crippen molar-refractivity contribution in [2.45, 2.75) is 58.2 Å². The maximum atomic E-state index is 13.2. The van der Waals surface area contributed by atoms with Crippen LogP contribution in [0.3, 0.4) is 0 Å². The van der Waals surface area contributed by atoms with Crippen molar-refractivity contribution >= 4 is 45.6 Å². The summed E-state index contributed by atoms with van der Waals surface area (Å²) in [7, 11) is 0. The number of aryl methyl sites for hydroxylation is 1. The molecule has 6 rings (SSSR count). The normalized spacial score (nSPS) is 16.9. The van der Waals surface area contributed by atoms with E-state index < -0.39 is 5.60 Å². The summed E-state index contributed by atoms with van der Waals surface area (Å²) in [4.78, 5) is 35.7. The number of hydrogen-bond donors (Lipinski definition) is 2. The van der Waals surface area contributed by atoms with Crippen LogP contribution >= 0.6 is 22.9 Å². The molecule has 2 aliphatic heterocycles. The number of anilines is 1. The van der Waals surface area contributed by atoms with Gasteiger partial charge < -0.3 is 20.5 Å². The highest BCUT2D eigenvalue weighted by molar-refractivity contribution is 7.15. The topological polar surface area (TPSA) is 124 Å². The smallest absolute Gasteiger partial charge is 0.410 e. The number of nitrogens with two attached hydrogens (primary N) is 1. The van der Waals surface area contributed by atoms with E-state index in [1.54, 1.807) is 42.8 Å². The molecule has 4 heterocycles. The predicted octanol–water partition coefficient (Wildman–Crippen LogP) is 5.33. The first-order valence-corrected chi connectivity index (χ1v) is 14.4. The predicted molar refractivity (Wildman–Crippen MR) is 158 cm³/mol. The molecule has 11 heteroatoms. The van der Waals surface area contributed by atoms with E-state index in [1.165, 1.54) is 17.8 Å². The van der Waals surface area contributed by atoms with Crippen molar-refractivity contribution in [3.63, 3.8) is 0 Å². The Kier molecular flexibility index (Phi) is 7.85. The number of amides is 1. The third-order valence-electron chi connectivity index (χ3n) is 7.13. The summed E-state index contributed by atoms with van der Waals surface area (Å²) < 4.78 is 6.52. The maximum Gasteiger partial charge on any atom is 0.410 e. The molecule has 2 saturated heterocycles. The van der Waals surface area contributed by atoms with E-state index in [1.807, 2.05) is 30.0 Å². The van der Waals surface area contributed by atoms with Crippen molar-refractivity contribution in [2.24, 2.45) is 0 Å². The SMILES string of the molecule is Cc1nc2cc(-c3cnc(C(C)(C)O)s3)c(N)cc2c(=O)n1Cc1ccc(Cl)cc1.O=C1OCC2CCCCN12. The number of carbonyl (C=O) groups is 1. The third-order valence-corrected chi connectivity index (χ3v) is 8.72. The molecule has 4 aromatic rings. The number of thiazole rings is 1. The Morgan fingerprint density at radius 1 is 1.20 bits per heavy atom. The number of cyclic esters (lactones) is 1. The van der Waals surface area contributed by atoms with Gasteiger partial charge in [-0.2, -0.15) is 0 Å². The molecule has 1 atom stereocenters. The minimum atomic E-state index is -1.03. The molecule has 2 aromatic carbocycles. The fourth-order valence-corrected chi connectivity index (χ4v) is 6.00. The number of aromatic nitrogens is 3. The van der Waals surface area contributed by atoms with E-state index in [-0.39, 0.29) is 11.7 Å². The first-order valence-electron chi connectivity index (χ1n) is 13.2. The monoisotopic (exact) mass is 581 g/mol. The summed E-state index contributed by atoms with van der Waals surface area (Å²) in [6, 6.07) is 11.3. The van der Waals surface area contributed by atoms with Crippen molar-refractivity contribution in [2.75, 3.05) is 18.9 Å². The Balaban J connectivity index is 0.000000269. The van der Waals surface area contributed by atoms with Crippen LogP contribution in [-0.4, -0.2) is 49.8 Å². The van der Waals surface area contributed by atoms with Gasteiger partial charge in [-0.15, -0.1) is 11.3 Å². The van der Waals surface area contributed by atoms with Gasteiger partial charge in [-0.1, -0.05) is 23.7 Å². The van der Waals surface area contributed by atoms with E-state index in [9.17, 15) is 14.7 Å². The summed E-state index contributed by atoms with van der Waals surface area (Å²) in [6.07, 6.45) is 5.10. The lowest BCUT2D eigenvalue weighted by Crippen LogP contribution is -2.37. The van der Waals surface area contributed by atoms with Gasteiger partial charge in [0.2, 0.25) is 0 Å². The zero-order valence-corrected chi connectivity index (χ0v) is 24.3. The van der Waals surface area contributed by atoms with Gasteiger partial charge in [0.15, 0.2) is 0 Å². The van der Waals surface area contributed by atoms with Gasteiger partial charge in [0.05, 0.1) is 28.4 Å². The molecule has 0 spiro atoms.